The number of nitrogens with zero attached hydrogens (tertiary/aromatic N) is 2. The summed E-state index contributed by atoms with van der Waals surface area (Å²) in [5, 5.41) is -0.341. The van der Waals surface area contributed by atoms with Gasteiger partial charge in [-0.05, 0) is 70.8 Å². The molecule has 0 bridgehead atoms. The second-order valence-electron chi connectivity index (χ2n) is 17.9. The molecule has 4 aromatic carbocycles. The van der Waals surface area contributed by atoms with Crippen molar-refractivity contribution in [3.8, 4) is 51.7 Å². The van der Waals surface area contributed by atoms with Gasteiger partial charge in [-0.15, -0.1) is 0 Å². The molecule has 0 aromatic heterocycles. The van der Waals surface area contributed by atoms with Crippen LogP contribution in [0, 0.1) is 0 Å². The third kappa shape index (κ3) is 10.5. The molecule has 3 aliphatic rings. The molecule has 16 heteroatoms. The molecule has 0 amide bonds. The van der Waals surface area contributed by atoms with Crippen molar-refractivity contribution in [3.63, 3.8) is 0 Å². The van der Waals surface area contributed by atoms with Crippen molar-refractivity contribution in [2.45, 2.75) is 50.6 Å². The molecule has 0 saturated carbocycles. The van der Waals surface area contributed by atoms with Gasteiger partial charge in [0.05, 0.1) is 117 Å². The third-order valence-electron chi connectivity index (χ3n) is 14.4. The lowest BCUT2D eigenvalue weighted by Gasteiger charge is -2.51. The first kappa shape index (κ1) is 50.8. The van der Waals surface area contributed by atoms with Crippen molar-refractivity contribution in [1.82, 2.24) is 0 Å². The van der Waals surface area contributed by atoms with Gasteiger partial charge in [0.2, 0.25) is 5.75 Å². The number of ether oxygens (including phenoxy) is 11. The fraction of sp³-hybridized carbons (Fsp3) is 0.472. The molecule has 0 saturated heterocycles. The van der Waals surface area contributed by atoms with Crippen molar-refractivity contribution in [2.24, 2.45) is 0 Å². The number of fused-ring (bicyclic) bond motifs is 6. The van der Waals surface area contributed by atoms with E-state index >= 15 is 0 Å². The number of halogens is 1. The number of hydrogen-bond acceptors (Lipinski definition) is 13. The largest absolute Gasteiger partial charge is 0.493 e. The molecule has 1 unspecified atom stereocenters. The summed E-state index contributed by atoms with van der Waals surface area (Å²) in [7, 11) is 16.9. The topological polar surface area (TPSA) is 136 Å². The van der Waals surface area contributed by atoms with Crippen LogP contribution in [-0.2, 0) is 44.7 Å². The van der Waals surface area contributed by atoms with Crippen LogP contribution in [0.1, 0.15) is 63.9 Å². The van der Waals surface area contributed by atoms with Crippen molar-refractivity contribution < 1.29 is 70.7 Å². The van der Waals surface area contributed by atoms with Gasteiger partial charge < -0.3 is 61.1 Å². The number of methoxy groups -OCH3 is 9. The summed E-state index contributed by atoms with van der Waals surface area (Å²) in [5.41, 5.74) is 8.09. The molecule has 0 aliphatic carbocycles. The molecule has 0 fully saturated rings. The summed E-state index contributed by atoms with van der Waals surface area (Å²) in [6.45, 7) is 4.27. The van der Waals surface area contributed by atoms with Crippen LogP contribution < -0.4 is 42.6 Å². The highest BCUT2D eigenvalue weighted by Gasteiger charge is 2.48. The number of carbonyl (C=O) groups excluding carboxylic acids is 2. The molecule has 0 spiro atoms. The van der Waals surface area contributed by atoms with Gasteiger partial charge in [-0.2, -0.15) is 0 Å². The number of rotatable bonds is 21. The van der Waals surface area contributed by atoms with Crippen molar-refractivity contribution in [2.75, 3.05) is 117 Å². The lowest BCUT2D eigenvalue weighted by atomic mass is 9.79. The van der Waals surface area contributed by atoms with Crippen molar-refractivity contribution in [3.05, 3.63) is 98.6 Å². The van der Waals surface area contributed by atoms with E-state index in [1.807, 2.05) is 12.1 Å². The number of likely N-dealkylation sites (N-methyl/N-ethyl adjacent to an activating group) is 1. The molecule has 2 atom stereocenters. The van der Waals surface area contributed by atoms with Gasteiger partial charge in [0.1, 0.15) is 17.1 Å². The molecule has 0 radical (unpaired) electrons. The van der Waals surface area contributed by atoms with E-state index in [1.165, 1.54) is 27.8 Å². The fourth-order valence-corrected chi connectivity index (χ4v) is 10.9. The first-order valence-corrected chi connectivity index (χ1v) is 23.7. The Bertz CT molecular complexity index is 2450. The first-order chi connectivity index (χ1) is 33.3. The minimum Gasteiger partial charge on any atom is -0.493 e. The van der Waals surface area contributed by atoms with Gasteiger partial charge in [-0.1, -0.05) is 11.6 Å². The van der Waals surface area contributed by atoms with E-state index in [0.29, 0.717) is 82.0 Å². The number of quaternary nitrogens is 2. The van der Waals surface area contributed by atoms with Gasteiger partial charge in [0.25, 0.3) is 0 Å². The van der Waals surface area contributed by atoms with E-state index in [2.05, 4.69) is 43.4 Å². The van der Waals surface area contributed by atoms with Crippen molar-refractivity contribution >= 4 is 23.5 Å². The van der Waals surface area contributed by atoms with Gasteiger partial charge in [0, 0.05) is 61.3 Å². The Hall–Kier alpha value is -6.03. The number of hydrogen-bond donors (Lipinski definition) is 0. The van der Waals surface area contributed by atoms with Crippen LogP contribution in [0.3, 0.4) is 0 Å². The van der Waals surface area contributed by atoms with Crippen LogP contribution in [0.25, 0.3) is 0 Å². The molecule has 7 rings (SSSR count). The summed E-state index contributed by atoms with van der Waals surface area (Å²) in [5.74, 6) is 4.25. The molecule has 3 aliphatic heterocycles. The van der Waals surface area contributed by atoms with Gasteiger partial charge in [-0.25, -0.2) is 9.59 Å². The summed E-state index contributed by atoms with van der Waals surface area (Å²) in [6.07, 6.45) is 5.28. The molecule has 372 valence electrons. The smallest absolute Gasteiger partial charge is 0.350 e. The monoisotopic (exact) mass is 974 g/mol. The zero-order chi connectivity index (χ0) is 49.5. The van der Waals surface area contributed by atoms with Crippen LogP contribution in [0.2, 0.25) is 0 Å². The molecule has 3 heterocycles. The average Bonchev–Trinajstić information content (AvgIpc) is 3.37. The Balaban J connectivity index is 0.985. The van der Waals surface area contributed by atoms with Gasteiger partial charge in [-0.3, -0.25) is 0 Å². The molecule has 0 N–H and O–H groups in total. The standard InChI is InChI=1S/C53H67ClN2O13/c1-55(18-13-34-26-42(59-2)45(62-5)29-37(34)41(55)23-33-24-48(65-8)52(67-10)49(25-33)66-9)16-11-21-68-50(57)32-40(54)53(58)69-22-12-17-56-19-14-35-27-43(60-3)46(63-6)30-38(35)51(56)39-31-47(64-7)44(61-4)28-36(39)15-20-56/h24-32,41,51H,11-23H2,1-10H3/q+2/b40-32-/t41-,51?,55?,56?/m1/s1. The Morgan fingerprint density at radius 1 is 0.551 bits per heavy atom. The van der Waals surface area contributed by atoms with Crippen LogP contribution in [0.5, 0.6) is 51.7 Å². The summed E-state index contributed by atoms with van der Waals surface area (Å²) in [4.78, 5) is 26.2. The Labute approximate surface area is 410 Å². The quantitative estimate of drug-likeness (QED) is 0.0349. The normalized spacial score (nSPS) is 20.2. The molecular weight excluding hydrogens is 908 g/mol. The highest BCUT2D eigenvalue weighted by Crippen LogP contribution is 2.51. The maximum Gasteiger partial charge on any atom is 0.350 e. The van der Waals surface area contributed by atoms with Crippen molar-refractivity contribution in [1.29, 1.82) is 0 Å². The van der Waals surface area contributed by atoms with Crippen LogP contribution >= 0.6 is 11.6 Å². The zero-order valence-corrected chi connectivity index (χ0v) is 42.4. The minimum absolute atomic E-state index is 0.0106. The molecule has 15 nitrogen and oxygen atoms in total. The average molecular weight is 976 g/mol. The van der Waals surface area contributed by atoms with Crippen LogP contribution in [-0.4, -0.2) is 138 Å². The predicted molar refractivity (Wildman–Crippen MR) is 260 cm³/mol. The molecular formula is C53H67ClN2O13+2. The van der Waals surface area contributed by atoms with Gasteiger partial charge >= 0.3 is 11.9 Å². The Morgan fingerprint density at radius 3 is 1.48 bits per heavy atom. The number of esters is 2. The lowest BCUT2D eigenvalue weighted by molar-refractivity contribution is -0.955. The van der Waals surface area contributed by atoms with E-state index in [9.17, 15) is 9.59 Å². The lowest BCUT2D eigenvalue weighted by Crippen LogP contribution is -2.58. The Kier molecular flexibility index (Phi) is 16.3. The highest BCUT2D eigenvalue weighted by molar-refractivity contribution is 6.42. The van der Waals surface area contributed by atoms with E-state index in [0.717, 1.165) is 67.1 Å². The van der Waals surface area contributed by atoms with E-state index < -0.39 is 11.9 Å². The fourth-order valence-electron chi connectivity index (χ4n) is 10.8. The first-order valence-electron chi connectivity index (χ1n) is 23.3. The maximum absolute atomic E-state index is 13.1. The second-order valence-corrected chi connectivity index (χ2v) is 18.4. The summed E-state index contributed by atoms with van der Waals surface area (Å²) >= 11 is 6.38. The highest BCUT2D eigenvalue weighted by atomic mass is 35.5. The van der Waals surface area contributed by atoms with E-state index in [-0.39, 0.29) is 30.3 Å². The van der Waals surface area contributed by atoms with E-state index in [1.54, 1.807) is 64.0 Å². The summed E-state index contributed by atoms with van der Waals surface area (Å²) < 4.78 is 64.0. The van der Waals surface area contributed by atoms with Crippen LogP contribution in [0.4, 0.5) is 0 Å². The van der Waals surface area contributed by atoms with Crippen LogP contribution in [0.15, 0.2) is 59.6 Å². The maximum atomic E-state index is 13.1. The van der Waals surface area contributed by atoms with Gasteiger partial charge in [0.15, 0.2) is 46.0 Å². The molecule has 69 heavy (non-hydrogen) atoms. The zero-order valence-electron chi connectivity index (χ0n) is 41.6. The Morgan fingerprint density at radius 2 is 0.986 bits per heavy atom. The second kappa shape index (κ2) is 22.2. The number of benzene rings is 4. The third-order valence-corrected chi connectivity index (χ3v) is 14.6. The minimum atomic E-state index is -0.779. The predicted octanol–water partition coefficient (Wildman–Crippen LogP) is 7.76. The molecule has 4 aromatic rings. The summed E-state index contributed by atoms with van der Waals surface area (Å²) in [6, 6.07) is 16.4. The van der Waals surface area contributed by atoms with E-state index in [4.69, 9.17) is 63.7 Å². The number of carbonyl (C=O) groups is 2. The SMILES string of the molecule is COc1cc2c(cc1OC)C1c3cc(OC)c(OC)cc3CC[N+]1(CCCOC(=O)/C(Cl)=C/C(=O)OCCC[N+]1(C)CCc3cc(OC)c(OC)cc3[C@H]1Cc1cc(OC)c(OC)c(OC)c1)CC2.